The van der Waals surface area contributed by atoms with Crippen LogP contribution in [-0.4, -0.2) is 51.2 Å². The third kappa shape index (κ3) is 3.45. The Labute approximate surface area is 112 Å². The van der Waals surface area contributed by atoms with Crippen LogP contribution in [0.4, 0.5) is 0 Å². The Morgan fingerprint density at radius 1 is 1.32 bits per heavy atom. The first kappa shape index (κ1) is 13.8. The van der Waals surface area contributed by atoms with E-state index in [0.29, 0.717) is 25.9 Å². The number of Topliss-reactive ketones (excluding diaryl/α,β-unsaturated/α-hetero) is 1. The molecule has 1 saturated heterocycles. The van der Waals surface area contributed by atoms with Crippen molar-refractivity contribution in [3.63, 3.8) is 0 Å². The number of likely N-dealkylation sites (tertiary alicyclic amines) is 1. The topological polar surface area (TPSA) is 81.0 Å². The summed E-state index contributed by atoms with van der Waals surface area (Å²) in [7, 11) is 0. The number of aromatic hydroxyl groups is 2. The van der Waals surface area contributed by atoms with Gasteiger partial charge in [0.1, 0.15) is 11.5 Å². The highest BCUT2D eigenvalue weighted by atomic mass is 16.3. The van der Waals surface area contributed by atoms with Gasteiger partial charge in [-0.25, -0.2) is 0 Å². The lowest BCUT2D eigenvalue weighted by molar-refractivity contribution is -0.00422. The number of hydrogen-bond donors (Lipinski definition) is 3. The van der Waals surface area contributed by atoms with Crippen molar-refractivity contribution in [2.45, 2.75) is 25.4 Å². The molecule has 0 spiro atoms. The highest BCUT2D eigenvalue weighted by Crippen LogP contribution is 2.25. The number of phenols is 2. The number of aliphatic hydroxyl groups is 1. The van der Waals surface area contributed by atoms with Crippen molar-refractivity contribution in [2.24, 2.45) is 0 Å². The van der Waals surface area contributed by atoms with Gasteiger partial charge in [-0.2, -0.15) is 0 Å². The molecule has 19 heavy (non-hydrogen) atoms. The number of carbonyl (C=O) groups excluding carboxylic acids is 1. The Morgan fingerprint density at radius 3 is 2.53 bits per heavy atom. The fourth-order valence-electron chi connectivity index (χ4n) is 2.24. The van der Waals surface area contributed by atoms with Gasteiger partial charge in [-0.1, -0.05) is 0 Å². The molecule has 2 rings (SSSR count). The quantitative estimate of drug-likeness (QED) is 0.714. The largest absolute Gasteiger partial charge is 0.508 e. The normalized spacial score (nSPS) is 19.3. The molecule has 5 heteroatoms. The van der Waals surface area contributed by atoms with E-state index in [0.717, 1.165) is 6.07 Å². The third-order valence-electron chi connectivity index (χ3n) is 3.58. The van der Waals surface area contributed by atoms with Crippen LogP contribution < -0.4 is 0 Å². The summed E-state index contributed by atoms with van der Waals surface area (Å²) in [6.45, 7) is 3.35. The van der Waals surface area contributed by atoms with Crippen LogP contribution in [0, 0.1) is 0 Å². The molecule has 3 N–H and O–H groups in total. The first-order valence-corrected chi connectivity index (χ1v) is 6.37. The first-order valence-electron chi connectivity index (χ1n) is 6.37. The molecule has 0 aromatic heterocycles. The Kier molecular flexibility index (Phi) is 3.78. The van der Waals surface area contributed by atoms with Crippen LogP contribution in [0.1, 0.15) is 30.1 Å². The molecule has 0 amide bonds. The highest BCUT2D eigenvalue weighted by molar-refractivity contribution is 6.00. The molecule has 1 aromatic carbocycles. The van der Waals surface area contributed by atoms with Crippen molar-refractivity contribution in [3.8, 4) is 11.5 Å². The molecule has 0 saturated carbocycles. The molecule has 1 heterocycles. The van der Waals surface area contributed by atoms with Gasteiger partial charge in [0.2, 0.25) is 0 Å². The van der Waals surface area contributed by atoms with E-state index in [-0.39, 0.29) is 29.4 Å². The minimum Gasteiger partial charge on any atom is -0.508 e. The second-order valence-corrected chi connectivity index (χ2v) is 5.40. The predicted octanol–water partition coefficient (Wildman–Crippen LogP) is 1.13. The molecule has 5 nitrogen and oxygen atoms in total. The summed E-state index contributed by atoms with van der Waals surface area (Å²) >= 11 is 0. The van der Waals surface area contributed by atoms with Gasteiger partial charge in [0.25, 0.3) is 0 Å². The van der Waals surface area contributed by atoms with E-state index >= 15 is 0 Å². The van der Waals surface area contributed by atoms with E-state index in [2.05, 4.69) is 0 Å². The fraction of sp³-hybridized carbons (Fsp3) is 0.500. The Hall–Kier alpha value is -1.59. The van der Waals surface area contributed by atoms with Crippen LogP contribution >= 0.6 is 0 Å². The maximum atomic E-state index is 12.1. The number of piperidine rings is 1. The van der Waals surface area contributed by atoms with Crippen LogP contribution in [0.15, 0.2) is 18.2 Å². The molecule has 104 valence electrons. The summed E-state index contributed by atoms with van der Waals surface area (Å²) in [5, 5.41) is 28.7. The van der Waals surface area contributed by atoms with Gasteiger partial charge in [-0.05, 0) is 31.9 Å². The summed E-state index contributed by atoms with van der Waals surface area (Å²) in [5.74, 6) is -0.448. The van der Waals surface area contributed by atoms with Crippen molar-refractivity contribution in [1.82, 2.24) is 4.90 Å². The number of rotatable bonds is 3. The van der Waals surface area contributed by atoms with E-state index in [4.69, 9.17) is 0 Å². The lowest BCUT2D eigenvalue weighted by Crippen LogP contribution is -2.44. The van der Waals surface area contributed by atoms with Gasteiger partial charge in [-0.15, -0.1) is 0 Å². The van der Waals surface area contributed by atoms with Gasteiger partial charge in [0, 0.05) is 19.2 Å². The van der Waals surface area contributed by atoms with Crippen LogP contribution in [0.5, 0.6) is 11.5 Å². The summed E-state index contributed by atoms with van der Waals surface area (Å²) in [6, 6.07) is 3.97. The number of hydrogen-bond acceptors (Lipinski definition) is 5. The molecule has 0 unspecified atom stereocenters. The average molecular weight is 265 g/mol. The number of nitrogens with zero attached hydrogens (tertiary/aromatic N) is 1. The van der Waals surface area contributed by atoms with Crippen LogP contribution in [-0.2, 0) is 0 Å². The minimum atomic E-state index is -0.639. The van der Waals surface area contributed by atoms with Crippen molar-refractivity contribution in [3.05, 3.63) is 23.8 Å². The van der Waals surface area contributed by atoms with Crippen molar-refractivity contribution in [1.29, 1.82) is 0 Å². The number of phenolic OH excluding ortho intramolecular Hbond substituents is 2. The summed E-state index contributed by atoms with van der Waals surface area (Å²) in [6.07, 6.45) is 1.28. The molecule has 0 aliphatic carbocycles. The molecule has 0 atom stereocenters. The SMILES string of the molecule is CC1(O)CCN(CC(=O)c2ccc(O)cc2O)CC1. The first-order chi connectivity index (χ1) is 8.87. The minimum absolute atomic E-state index is 0.0666. The number of benzene rings is 1. The number of carbonyl (C=O) groups is 1. The average Bonchev–Trinajstić information content (AvgIpc) is 2.31. The zero-order valence-corrected chi connectivity index (χ0v) is 11.0. The van der Waals surface area contributed by atoms with Gasteiger partial charge in [-0.3, -0.25) is 9.69 Å². The molecule has 1 aliphatic heterocycles. The molecule has 0 bridgehead atoms. The van der Waals surface area contributed by atoms with Crippen LogP contribution in [0.25, 0.3) is 0 Å². The fourth-order valence-corrected chi connectivity index (χ4v) is 2.24. The smallest absolute Gasteiger partial charge is 0.180 e. The van der Waals surface area contributed by atoms with Gasteiger partial charge in [0.05, 0.1) is 17.7 Å². The zero-order chi connectivity index (χ0) is 14.0. The monoisotopic (exact) mass is 265 g/mol. The zero-order valence-electron chi connectivity index (χ0n) is 11.0. The van der Waals surface area contributed by atoms with Gasteiger partial charge < -0.3 is 15.3 Å². The second kappa shape index (κ2) is 5.19. The third-order valence-corrected chi connectivity index (χ3v) is 3.58. The summed E-state index contributed by atoms with van der Waals surface area (Å²) in [5.41, 5.74) is -0.421. The predicted molar refractivity (Wildman–Crippen MR) is 70.4 cm³/mol. The van der Waals surface area contributed by atoms with Crippen molar-refractivity contribution in [2.75, 3.05) is 19.6 Å². The molecule has 1 fully saturated rings. The Bertz CT molecular complexity index is 474. The Balaban J connectivity index is 1.98. The van der Waals surface area contributed by atoms with Crippen LogP contribution in [0.3, 0.4) is 0 Å². The summed E-state index contributed by atoms with van der Waals surface area (Å²) in [4.78, 5) is 14.0. The van der Waals surface area contributed by atoms with E-state index < -0.39 is 5.60 Å². The van der Waals surface area contributed by atoms with Crippen molar-refractivity contribution >= 4 is 5.78 Å². The lowest BCUT2D eigenvalue weighted by Gasteiger charge is -2.35. The second-order valence-electron chi connectivity index (χ2n) is 5.40. The van der Waals surface area contributed by atoms with E-state index in [1.165, 1.54) is 12.1 Å². The Morgan fingerprint density at radius 2 is 1.95 bits per heavy atom. The molecular weight excluding hydrogens is 246 g/mol. The van der Waals surface area contributed by atoms with E-state index in [1.54, 1.807) is 6.92 Å². The lowest BCUT2D eigenvalue weighted by atomic mass is 9.93. The molecule has 1 aliphatic rings. The van der Waals surface area contributed by atoms with E-state index in [9.17, 15) is 20.1 Å². The molecular formula is C14H19NO4. The molecule has 0 radical (unpaired) electrons. The molecule has 1 aromatic rings. The number of ketones is 1. The van der Waals surface area contributed by atoms with Crippen LogP contribution in [0.2, 0.25) is 0 Å². The van der Waals surface area contributed by atoms with Gasteiger partial charge >= 0.3 is 0 Å². The highest BCUT2D eigenvalue weighted by Gasteiger charge is 2.28. The van der Waals surface area contributed by atoms with Gasteiger partial charge in [0.15, 0.2) is 5.78 Å². The standard InChI is InChI=1S/C14H19NO4/c1-14(19)4-6-15(7-5-14)9-13(18)11-3-2-10(16)8-12(11)17/h2-3,8,16-17,19H,4-7,9H2,1H3. The summed E-state index contributed by atoms with van der Waals surface area (Å²) < 4.78 is 0. The van der Waals surface area contributed by atoms with E-state index in [1.807, 2.05) is 4.90 Å². The van der Waals surface area contributed by atoms with Crippen molar-refractivity contribution < 1.29 is 20.1 Å². The maximum Gasteiger partial charge on any atom is 0.180 e. The maximum absolute atomic E-state index is 12.1.